The van der Waals surface area contributed by atoms with E-state index in [1.54, 1.807) is 4.90 Å². The zero-order chi connectivity index (χ0) is 16.8. The van der Waals surface area contributed by atoms with Crippen molar-refractivity contribution in [3.63, 3.8) is 0 Å². The fraction of sp³-hybridized carbons (Fsp3) is 0.300. The Morgan fingerprint density at radius 3 is 2.21 bits per heavy atom. The van der Waals surface area contributed by atoms with E-state index in [2.05, 4.69) is 29.6 Å². The average Bonchev–Trinajstić information content (AvgIpc) is 2.87. The molecule has 124 valence electrons. The van der Waals surface area contributed by atoms with Crippen LogP contribution in [0.2, 0.25) is 0 Å². The molecule has 1 heterocycles. The Morgan fingerprint density at radius 1 is 0.917 bits per heavy atom. The van der Waals surface area contributed by atoms with Gasteiger partial charge in [-0.2, -0.15) is 0 Å². The van der Waals surface area contributed by atoms with Gasteiger partial charge < -0.3 is 5.32 Å². The highest BCUT2D eigenvalue weighted by Crippen LogP contribution is 2.14. The van der Waals surface area contributed by atoms with Gasteiger partial charge in [-0.25, -0.2) is 0 Å². The van der Waals surface area contributed by atoms with Crippen molar-refractivity contribution in [1.82, 2.24) is 10.2 Å². The monoisotopic (exact) mass is 338 g/mol. The van der Waals surface area contributed by atoms with Crippen molar-refractivity contribution in [1.29, 1.82) is 0 Å². The highest BCUT2D eigenvalue weighted by atomic mass is 32.1. The fourth-order valence-corrected chi connectivity index (χ4v) is 3.34. The molecule has 1 amide bonds. The van der Waals surface area contributed by atoms with Crippen LogP contribution >= 0.6 is 12.2 Å². The molecule has 1 atom stereocenters. The van der Waals surface area contributed by atoms with Gasteiger partial charge in [0.1, 0.15) is 6.04 Å². The summed E-state index contributed by atoms with van der Waals surface area (Å²) in [6.45, 7) is 0.697. The maximum absolute atomic E-state index is 12.6. The first kappa shape index (κ1) is 16.7. The van der Waals surface area contributed by atoms with E-state index in [-0.39, 0.29) is 11.9 Å². The number of carbonyl (C=O) groups excluding carboxylic acids is 1. The van der Waals surface area contributed by atoms with Crippen LogP contribution in [0.5, 0.6) is 0 Å². The van der Waals surface area contributed by atoms with Crippen LogP contribution in [-0.2, 0) is 17.6 Å². The lowest BCUT2D eigenvalue weighted by Crippen LogP contribution is -2.33. The molecule has 1 saturated heterocycles. The first-order valence-electron chi connectivity index (χ1n) is 8.44. The lowest BCUT2D eigenvalue weighted by Gasteiger charge is -2.14. The summed E-state index contributed by atoms with van der Waals surface area (Å²) in [5.74, 6) is 0.101. The van der Waals surface area contributed by atoms with Crippen LogP contribution in [0.25, 0.3) is 0 Å². The van der Waals surface area contributed by atoms with Gasteiger partial charge in [0.2, 0.25) is 0 Å². The molecule has 1 fully saturated rings. The molecule has 2 aromatic carbocycles. The predicted octanol–water partition coefficient (Wildman–Crippen LogP) is 3.34. The summed E-state index contributed by atoms with van der Waals surface area (Å²) in [6.07, 6.45) is 3.73. The summed E-state index contributed by atoms with van der Waals surface area (Å²) >= 11 is 5.35. The number of nitrogens with zero attached hydrogens (tertiary/aromatic N) is 1. The maximum Gasteiger partial charge on any atom is 0.251 e. The van der Waals surface area contributed by atoms with Crippen LogP contribution in [0.1, 0.15) is 24.0 Å². The number of benzene rings is 2. The molecule has 3 rings (SSSR count). The molecule has 1 aliphatic rings. The Balaban J connectivity index is 1.47. The third-order valence-electron chi connectivity index (χ3n) is 4.33. The van der Waals surface area contributed by atoms with Gasteiger partial charge in [-0.1, -0.05) is 60.7 Å². The second-order valence-corrected chi connectivity index (χ2v) is 6.51. The van der Waals surface area contributed by atoms with Gasteiger partial charge in [0.25, 0.3) is 5.91 Å². The third-order valence-corrected chi connectivity index (χ3v) is 4.67. The van der Waals surface area contributed by atoms with Crippen molar-refractivity contribution in [2.75, 3.05) is 6.54 Å². The van der Waals surface area contributed by atoms with Crippen LogP contribution in [0.15, 0.2) is 60.7 Å². The number of unbranched alkanes of at least 4 members (excludes halogenated alkanes) is 1. The number of aryl methyl sites for hydroxylation is 1. The van der Waals surface area contributed by atoms with Gasteiger partial charge in [-0.15, -0.1) is 0 Å². The summed E-state index contributed by atoms with van der Waals surface area (Å²) in [5.41, 5.74) is 2.49. The van der Waals surface area contributed by atoms with Gasteiger partial charge in [0, 0.05) is 13.0 Å². The Kier molecular flexibility index (Phi) is 5.59. The van der Waals surface area contributed by atoms with Gasteiger partial charge in [-0.3, -0.25) is 9.69 Å². The molecule has 0 spiro atoms. The van der Waals surface area contributed by atoms with Crippen molar-refractivity contribution >= 4 is 23.2 Å². The van der Waals surface area contributed by atoms with Gasteiger partial charge in [-0.05, 0) is 42.6 Å². The third kappa shape index (κ3) is 4.20. The molecule has 0 aliphatic carbocycles. The number of hydrogen-bond donors (Lipinski definition) is 1. The summed E-state index contributed by atoms with van der Waals surface area (Å²) in [5, 5.41) is 3.74. The Morgan fingerprint density at radius 2 is 1.54 bits per heavy atom. The zero-order valence-corrected chi connectivity index (χ0v) is 14.5. The van der Waals surface area contributed by atoms with E-state index in [4.69, 9.17) is 12.2 Å². The normalized spacial score (nSPS) is 17.2. The van der Waals surface area contributed by atoms with Crippen molar-refractivity contribution < 1.29 is 4.79 Å². The molecular formula is C20H22N2OS. The molecule has 2 aromatic rings. The van der Waals surface area contributed by atoms with E-state index in [1.165, 1.54) is 5.56 Å². The number of carbonyl (C=O) groups is 1. The van der Waals surface area contributed by atoms with Crippen LogP contribution in [0.3, 0.4) is 0 Å². The number of thiocarbonyl (C=S) groups is 1. The minimum Gasteiger partial charge on any atom is -0.350 e. The van der Waals surface area contributed by atoms with Crippen LogP contribution in [-0.4, -0.2) is 28.5 Å². The minimum atomic E-state index is -0.228. The smallest absolute Gasteiger partial charge is 0.251 e. The molecule has 0 aromatic heterocycles. The maximum atomic E-state index is 12.6. The van der Waals surface area contributed by atoms with E-state index in [0.717, 1.165) is 24.8 Å². The molecule has 0 radical (unpaired) electrons. The van der Waals surface area contributed by atoms with E-state index >= 15 is 0 Å². The number of amides is 1. The lowest BCUT2D eigenvalue weighted by atomic mass is 10.1. The molecule has 1 aliphatic heterocycles. The highest BCUT2D eigenvalue weighted by molar-refractivity contribution is 7.80. The fourth-order valence-electron chi connectivity index (χ4n) is 3.02. The van der Waals surface area contributed by atoms with Gasteiger partial charge >= 0.3 is 0 Å². The quantitative estimate of drug-likeness (QED) is 0.621. The first-order chi connectivity index (χ1) is 11.7. The van der Waals surface area contributed by atoms with Gasteiger partial charge in [0.05, 0.1) is 0 Å². The molecule has 0 saturated carbocycles. The molecule has 1 N–H and O–H groups in total. The number of rotatable bonds is 7. The molecule has 0 bridgehead atoms. The van der Waals surface area contributed by atoms with E-state index in [1.807, 2.05) is 36.4 Å². The largest absolute Gasteiger partial charge is 0.350 e. The molecule has 24 heavy (non-hydrogen) atoms. The van der Waals surface area contributed by atoms with Crippen LogP contribution in [0.4, 0.5) is 0 Å². The summed E-state index contributed by atoms with van der Waals surface area (Å²) < 4.78 is 0. The minimum absolute atomic E-state index is 0.101. The molecule has 3 nitrogen and oxygen atoms in total. The second-order valence-electron chi connectivity index (χ2n) is 6.12. The number of nitrogens with one attached hydrogen (secondary N) is 1. The summed E-state index contributed by atoms with van der Waals surface area (Å²) in [7, 11) is 0. The molecule has 0 unspecified atom stereocenters. The first-order valence-corrected chi connectivity index (χ1v) is 8.84. The van der Waals surface area contributed by atoms with Crippen LogP contribution < -0.4 is 5.32 Å². The Labute approximate surface area is 148 Å². The highest BCUT2D eigenvalue weighted by Gasteiger charge is 2.34. The SMILES string of the molecule is O=C1[C@H](Cc2ccccc2)NC(=S)N1CCCCc1ccccc1. The standard InChI is InChI=1S/C20H22N2OS/c23-19-18(15-17-12-5-2-6-13-17)21-20(24)22(19)14-8-7-11-16-9-3-1-4-10-16/h1-6,9-10,12-13,18H,7-8,11,14-15H2,(H,21,24)/t18-/m0/s1. The van der Waals surface area contributed by atoms with E-state index in [0.29, 0.717) is 18.1 Å². The molecule has 4 heteroatoms. The van der Waals surface area contributed by atoms with E-state index in [9.17, 15) is 4.79 Å². The van der Waals surface area contributed by atoms with E-state index < -0.39 is 0 Å². The summed E-state index contributed by atoms with van der Waals surface area (Å²) in [4.78, 5) is 14.3. The topological polar surface area (TPSA) is 32.3 Å². The van der Waals surface area contributed by atoms with Crippen molar-refractivity contribution in [3.8, 4) is 0 Å². The summed E-state index contributed by atoms with van der Waals surface area (Å²) in [6, 6.07) is 20.3. The number of hydrogen-bond acceptors (Lipinski definition) is 2. The lowest BCUT2D eigenvalue weighted by molar-refractivity contribution is -0.127. The predicted molar refractivity (Wildman–Crippen MR) is 101 cm³/mol. The van der Waals surface area contributed by atoms with Crippen molar-refractivity contribution in [2.45, 2.75) is 31.7 Å². The Bertz CT molecular complexity index is 687. The van der Waals surface area contributed by atoms with Crippen LogP contribution in [0, 0.1) is 0 Å². The van der Waals surface area contributed by atoms with Crippen molar-refractivity contribution in [2.24, 2.45) is 0 Å². The molecular weight excluding hydrogens is 316 g/mol. The Hall–Kier alpha value is -2.20. The van der Waals surface area contributed by atoms with Crippen molar-refractivity contribution in [3.05, 3.63) is 71.8 Å². The van der Waals surface area contributed by atoms with Gasteiger partial charge in [0.15, 0.2) is 5.11 Å². The average molecular weight is 338 g/mol. The zero-order valence-electron chi connectivity index (χ0n) is 13.7. The second kappa shape index (κ2) is 8.06.